The SMILES string of the molecule is Cc1cc(CCC(=O)N2CCC(C)CC2CN)ccc1Br.Cl. The molecular formula is C17H26BrClN2O. The second-order valence-corrected chi connectivity index (χ2v) is 7.04. The molecule has 124 valence electrons. The molecule has 2 unspecified atom stereocenters. The van der Waals surface area contributed by atoms with Crippen LogP contribution in [0.4, 0.5) is 0 Å². The molecule has 22 heavy (non-hydrogen) atoms. The summed E-state index contributed by atoms with van der Waals surface area (Å²) in [6.07, 6.45) is 3.52. The van der Waals surface area contributed by atoms with Gasteiger partial charge in [-0.2, -0.15) is 0 Å². The van der Waals surface area contributed by atoms with E-state index in [1.54, 1.807) is 0 Å². The number of likely N-dealkylation sites (tertiary alicyclic amines) is 1. The maximum absolute atomic E-state index is 12.5. The van der Waals surface area contributed by atoms with Gasteiger partial charge in [0.05, 0.1) is 0 Å². The van der Waals surface area contributed by atoms with E-state index < -0.39 is 0 Å². The number of piperidine rings is 1. The van der Waals surface area contributed by atoms with Crippen molar-refractivity contribution in [3.05, 3.63) is 33.8 Å². The molecule has 2 N–H and O–H groups in total. The Bertz CT molecular complexity index is 509. The van der Waals surface area contributed by atoms with Gasteiger partial charge < -0.3 is 10.6 Å². The third-order valence-electron chi connectivity index (χ3n) is 4.42. The van der Waals surface area contributed by atoms with Crippen LogP contribution in [0.15, 0.2) is 22.7 Å². The van der Waals surface area contributed by atoms with Gasteiger partial charge in [-0.15, -0.1) is 12.4 Å². The highest BCUT2D eigenvalue weighted by Gasteiger charge is 2.28. The normalized spacial score (nSPS) is 21.4. The smallest absolute Gasteiger partial charge is 0.223 e. The standard InChI is InChI=1S/C17H25BrN2O.ClH/c1-12-7-8-20(15(9-12)11-19)17(21)6-4-14-3-5-16(18)13(2)10-14;/h3,5,10,12,15H,4,6-9,11,19H2,1-2H3;1H. The van der Waals surface area contributed by atoms with Crippen molar-refractivity contribution in [2.24, 2.45) is 11.7 Å². The third-order valence-corrected chi connectivity index (χ3v) is 5.31. The van der Waals surface area contributed by atoms with Crippen LogP contribution in [0.3, 0.4) is 0 Å². The fraction of sp³-hybridized carbons (Fsp3) is 0.588. The number of carbonyl (C=O) groups excluding carboxylic acids is 1. The molecule has 1 fully saturated rings. The quantitative estimate of drug-likeness (QED) is 0.853. The average molecular weight is 390 g/mol. The Morgan fingerprint density at radius 2 is 2.18 bits per heavy atom. The summed E-state index contributed by atoms with van der Waals surface area (Å²) in [5.41, 5.74) is 8.27. The van der Waals surface area contributed by atoms with Crippen LogP contribution in [-0.2, 0) is 11.2 Å². The molecule has 0 saturated carbocycles. The van der Waals surface area contributed by atoms with Gasteiger partial charge in [-0.1, -0.05) is 35.0 Å². The Hall–Kier alpha value is -0.580. The molecular weight excluding hydrogens is 364 g/mol. The molecule has 0 radical (unpaired) electrons. The van der Waals surface area contributed by atoms with Crippen molar-refractivity contribution < 1.29 is 4.79 Å². The first-order valence-electron chi connectivity index (χ1n) is 7.75. The summed E-state index contributed by atoms with van der Waals surface area (Å²) in [5.74, 6) is 0.926. The van der Waals surface area contributed by atoms with Gasteiger partial charge in [-0.3, -0.25) is 4.79 Å². The summed E-state index contributed by atoms with van der Waals surface area (Å²) in [6, 6.07) is 6.52. The molecule has 1 amide bonds. The van der Waals surface area contributed by atoms with E-state index >= 15 is 0 Å². The largest absolute Gasteiger partial charge is 0.338 e. The zero-order valence-corrected chi connectivity index (χ0v) is 15.8. The van der Waals surface area contributed by atoms with E-state index in [4.69, 9.17) is 5.73 Å². The summed E-state index contributed by atoms with van der Waals surface area (Å²) in [7, 11) is 0. The van der Waals surface area contributed by atoms with Crippen molar-refractivity contribution in [3.63, 3.8) is 0 Å². The van der Waals surface area contributed by atoms with Crippen molar-refractivity contribution in [2.45, 2.75) is 45.6 Å². The molecule has 2 atom stereocenters. The first-order valence-corrected chi connectivity index (χ1v) is 8.55. The topological polar surface area (TPSA) is 46.3 Å². The highest BCUT2D eigenvalue weighted by Crippen LogP contribution is 2.23. The highest BCUT2D eigenvalue weighted by atomic mass is 79.9. The molecule has 0 bridgehead atoms. The molecule has 1 aliphatic rings. The Morgan fingerprint density at radius 3 is 2.82 bits per heavy atom. The Morgan fingerprint density at radius 1 is 1.45 bits per heavy atom. The van der Waals surface area contributed by atoms with Crippen LogP contribution >= 0.6 is 28.3 Å². The van der Waals surface area contributed by atoms with Gasteiger partial charge in [0, 0.05) is 30.0 Å². The van der Waals surface area contributed by atoms with Crippen molar-refractivity contribution in [1.82, 2.24) is 4.90 Å². The third kappa shape index (κ3) is 4.97. The minimum absolute atomic E-state index is 0. The van der Waals surface area contributed by atoms with Crippen LogP contribution < -0.4 is 5.73 Å². The van der Waals surface area contributed by atoms with Gasteiger partial charge in [0.15, 0.2) is 0 Å². The number of amides is 1. The Balaban J connectivity index is 0.00000242. The van der Waals surface area contributed by atoms with Crippen LogP contribution in [-0.4, -0.2) is 29.9 Å². The molecule has 3 nitrogen and oxygen atoms in total. The summed E-state index contributed by atoms with van der Waals surface area (Å²) >= 11 is 3.51. The van der Waals surface area contributed by atoms with Gasteiger partial charge >= 0.3 is 0 Å². The van der Waals surface area contributed by atoms with E-state index in [0.29, 0.717) is 18.9 Å². The Labute approximate surface area is 148 Å². The Kier molecular flexibility index (Phi) is 7.87. The number of nitrogens with zero attached hydrogens (tertiary/aromatic N) is 1. The second-order valence-electron chi connectivity index (χ2n) is 6.19. The molecule has 1 aromatic carbocycles. The van der Waals surface area contributed by atoms with E-state index in [1.165, 1.54) is 11.1 Å². The summed E-state index contributed by atoms with van der Waals surface area (Å²) in [6.45, 7) is 5.76. The first kappa shape index (κ1) is 19.5. The zero-order valence-electron chi connectivity index (χ0n) is 13.3. The van der Waals surface area contributed by atoms with Crippen LogP contribution in [0, 0.1) is 12.8 Å². The number of rotatable bonds is 4. The zero-order chi connectivity index (χ0) is 15.4. The molecule has 1 saturated heterocycles. The highest BCUT2D eigenvalue weighted by molar-refractivity contribution is 9.10. The number of benzene rings is 1. The lowest BCUT2D eigenvalue weighted by Gasteiger charge is -2.38. The predicted octanol–water partition coefficient (Wildman–Crippen LogP) is 3.70. The van der Waals surface area contributed by atoms with Crippen LogP contribution in [0.25, 0.3) is 0 Å². The van der Waals surface area contributed by atoms with Gasteiger partial charge in [-0.25, -0.2) is 0 Å². The van der Waals surface area contributed by atoms with Crippen LogP contribution in [0.2, 0.25) is 0 Å². The lowest BCUT2D eigenvalue weighted by molar-refractivity contribution is -0.135. The van der Waals surface area contributed by atoms with Crippen LogP contribution in [0.1, 0.15) is 37.3 Å². The number of halogens is 2. The minimum Gasteiger partial charge on any atom is -0.338 e. The van der Waals surface area contributed by atoms with Crippen molar-refractivity contribution in [3.8, 4) is 0 Å². The van der Waals surface area contributed by atoms with E-state index in [9.17, 15) is 4.79 Å². The van der Waals surface area contributed by atoms with Crippen molar-refractivity contribution >= 4 is 34.2 Å². The van der Waals surface area contributed by atoms with E-state index in [1.807, 2.05) is 4.90 Å². The molecule has 2 rings (SSSR count). The fourth-order valence-electron chi connectivity index (χ4n) is 3.06. The maximum Gasteiger partial charge on any atom is 0.223 e. The number of carbonyl (C=O) groups is 1. The van der Waals surface area contributed by atoms with Crippen molar-refractivity contribution in [1.29, 1.82) is 0 Å². The van der Waals surface area contributed by atoms with Gasteiger partial charge in [0.2, 0.25) is 5.91 Å². The summed E-state index contributed by atoms with van der Waals surface area (Å²) in [5, 5.41) is 0. The summed E-state index contributed by atoms with van der Waals surface area (Å²) in [4.78, 5) is 14.5. The number of hydrogen-bond donors (Lipinski definition) is 1. The van der Waals surface area contributed by atoms with Gasteiger partial charge in [0.1, 0.15) is 0 Å². The number of aryl methyl sites for hydroxylation is 2. The molecule has 1 heterocycles. The lowest BCUT2D eigenvalue weighted by atomic mass is 9.92. The molecule has 0 aromatic heterocycles. The second kappa shape index (κ2) is 8.90. The molecule has 1 aliphatic heterocycles. The average Bonchev–Trinajstić information content (AvgIpc) is 2.48. The number of hydrogen-bond acceptors (Lipinski definition) is 2. The fourth-order valence-corrected chi connectivity index (χ4v) is 3.31. The molecule has 1 aromatic rings. The van der Waals surface area contributed by atoms with Gasteiger partial charge in [-0.05, 0) is 49.3 Å². The summed E-state index contributed by atoms with van der Waals surface area (Å²) < 4.78 is 1.12. The first-order chi connectivity index (χ1) is 10.0. The molecule has 5 heteroatoms. The predicted molar refractivity (Wildman–Crippen MR) is 97.4 cm³/mol. The van der Waals surface area contributed by atoms with Crippen molar-refractivity contribution in [2.75, 3.05) is 13.1 Å². The minimum atomic E-state index is 0. The monoisotopic (exact) mass is 388 g/mol. The van der Waals surface area contributed by atoms with E-state index in [-0.39, 0.29) is 24.4 Å². The lowest BCUT2D eigenvalue weighted by Crippen LogP contribution is -2.49. The van der Waals surface area contributed by atoms with E-state index in [2.05, 4.69) is 48.0 Å². The molecule has 0 aliphatic carbocycles. The molecule has 0 spiro atoms. The number of nitrogens with two attached hydrogens (primary N) is 1. The maximum atomic E-state index is 12.5. The van der Waals surface area contributed by atoms with Crippen LogP contribution in [0.5, 0.6) is 0 Å². The van der Waals surface area contributed by atoms with E-state index in [0.717, 1.165) is 30.3 Å². The van der Waals surface area contributed by atoms with Gasteiger partial charge in [0.25, 0.3) is 0 Å².